The predicted molar refractivity (Wildman–Crippen MR) is 104 cm³/mol. The monoisotopic (exact) mass is 400 g/mol. The van der Waals surface area contributed by atoms with Crippen molar-refractivity contribution in [3.63, 3.8) is 0 Å². The van der Waals surface area contributed by atoms with Crippen LogP contribution in [-0.4, -0.2) is 12.1 Å². The second kappa shape index (κ2) is 6.22. The van der Waals surface area contributed by atoms with E-state index in [1.807, 2.05) is 18.2 Å². The van der Waals surface area contributed by atoms with Crippen molar-refractivity contribution in [3.8, 4) is 17.0 Å². The number of halogens is 1. The van der Waals surface area contributed by atoms with Gasteiger partial charge in [-0.25, -0.2) is 4.98 Å². The number of nitrogens with one attached hydrogen (secondary N) is 1. The van der Waals surface area contributed by atoms with Crippen LogP contribution < -0.4 is 10.1 Å². The third-order valence-corrected chi connectivity index (χ3v) is 6.13. The summed E-state index contributed by atoms with van der Waals surface area (Å²) >= 11 is 5.41. The summed E-state index contributed by atoms with van der Waals surface area (Å²) in [5.74, 6) is 0.891. The molecule has 122 valence electrons. The minimum atomic E-state index is 0.891. The van der Waals surface area contributed by atoms with Gasteiger partial charge in [0.2, 0.25) is 0 Å². The first-order valence-corrected chi connectivity index (χ1v) is 9.46. The number of ether oxygens (including phenoxy) is 1. The van der Waals surface area contributed by atoms with Gasteiger partial charge in [-0.2, -0.15) is 0 Å². The molecule has 5 heteroatoms. The molecule has 24 heavy (non-hydrogen) atoms. The van der Waals surface area contributed by atoms with E-state index in [0.717, 1.165) is 45.1 Å². The third kappa shape index (κ3) is 2.62. The molecule has 1 aromatic heterocycles. The molecule has 1 aliphatic carbocycles. The Hall–Kier alpha value is -1.85. The van der Waals surface area contributed by atoms with Crippen LogP contribution in [0.3, 0.4) is 0 Å². The number of methoxy groups -OCH3 is 1. The zero-order valence-electron chi connectivity index (χ0n) is 13.5. The molecule has 4 rings (SSSR count). The van der Waals surface area contributed by atoms with Gasteiger partial charge in [-0.3, -0.25) is 0 Å². The zero-order chi connectivity index (χ0) is 16.7. The number of rotatable bonds is 3. The zero-order valence-corrected chi connectivity index (χ0v) is 15.9. The normalized spacial score (nSPS) is 12.5. The minimum Gasteiger partial charge on any atom is -0.496 e. The molecule has 0 unspecified atom stereocenters. The Kier molecular flexibility index (Phi) is 4.06. The fraction of sp³-hybridized carbons (Fsp3) is 0.211. The molecule has 2 aromatic carbocycles. The Morgan fingerprint density at radius 2 is 2.00 bits per heavy atom. The van der Waals surface area contributed by atoms with E-state index in [1.165, 1.54) is 16.0 Å². The van der Waals surface area contributed by atoms with Crippen LogP contribution in [0.15, 0.2) is 40.9 Å². The second-order valence-corrected chi connectivity index (χ2v) is 7.77. The number of fused-ring (bicyclic) bond motifs is 3. The van der Waals surface area contributed by atoms with E-state index in [2.05, 4.69) is 46.4 Å². The van der Waals surface area contributed by atoms with Crippen LogP contribution in [-0.2, 0) is 12.8 Å². The number of para-hydroxylation sites is 1. The van der Waals surface area contributed by atoms with Crippen molar-refractivity contribution in [1.29, 1.82) is 0 Å². The van der Waals surface area contributed by atoms with Gasteiger partial charge in [0.15, 0.2) is 5.13 Å². The SMILES string of the molecule is COc1ccc(Br)c2c1-c1nc(Nc3ccccc3C)sc1CC2. The van der Waals surface area contributed by atoms with Crippen molar-refractivity contribution in [2.45, 2.75) is 19.8 Å². The Bertz CT molecular complexity index is 920. The van der Waals surface area contributed by atoms with E-state index < -0.39 is 0 Å². The van der Waals surface area contributed by atoms with E-state index in [9.17, 15) is 0 Å². The quantitative estimate of drug-likeness (QED) is 0.609. The van der Waals surface area contributed by atoms with Crippen LogP contribution in [0.4, 0.5) is 10.8 Å². The highest BCUT2D eigenvalue weighted by atomic mass is 79.9. The molecule has 1 heterocycles. The summed E-state index contributed by atoms with van der Waals surface area (Å²) in [5.41, 5.74) is 5.78. The lowest BCUT2D eigenvalue weighted by molar-refractivity contribution is 0.415. The van der Waals surface area contributed by atoms with Crippen molar-refractivity contribution in [2.24, 2.45) is 0 Å². The second-order valence-electron chi connectivity index (χ2n) is 5.83. The van der Waals surface area contributed by atoms with Gasteiger partial charge in [0.05, 0.1) is 12.8 Å². The van der Waals surface area contributed by atoms with Crippen molar-refractivity contribution in [2.75, 3.05) is 12.4 Å². The average Bonchev–Trinajstić information content (AvgIpc) is 3.00. The summed E-state index contributed by atoms with van der Waals surface area (Å²) in [4.78, 5) is 6.20. The van der Waals surface area contributed by atoms with Crippen LogP contribution in [0.2, 0.25) is 0 Å². The maximum absolute atomic E-state index is 5.59. The van der Waals surface area contributed by atoms with Crippen molar-refractivity contribution in [3.05, 3.63) is 56.9 Å². The van der Waals surface area contributed by atoms with Crippen LogP contribution in [0.25, 0.3) is 11.3 Å². The molecule has 3 nitrogen and oxygen atoms in total. The standard InChI is InChI=1S/C19H17BrN2OS/c1-11-5-3-4-6-14(11)21-19-22-18-16(24-19)10-7-12-13(20)8-9-15(23-2)17(12)18/h3-6,8-9H,7,10H2,1-2H3,(H,21,22). The van der Waals surface area contributed by atoms with Gasteiger partial charge in [0, 0.05) is 20.6 Å². The molecule has 0 spiro atoms. The minimum absolute atomic E-state index is 0.891. The van der Waals surface area contributed by atoms with Crippen LogP contribution in [0, 0.1) is 6.92 Å². The van der Waals surface area contributed by atoms with Gasteiger partial charge in [-0.15, -0.1) is 11.3 Å². The molecular formula is C19H17BrN2OS. The number of aryl methyl sites for hydroxylation is 2. The van der Waals surface area contributed by atoms with Gasteiger partial charge in [-0.05, 0) is 49.1 Å². The van der Waals surface area contributed by atoms with Crippen LogP contribution >= 0.6 is 27.3 Å². The number of hydrogen-bond donors (Lipinski definition) is 1. The van der Waals surface area contributed by atoms with E-state index >= 15 is 0 Å². The fourth-order valence-corrected chi connectivity index (χ4v) is 4.62. The number of anilines is 2. The number of benzene rings is 2. The topological polar surface area (TPSA) is 34.1 Å². The highest BCUT2D eigenvalue weighted by Gasteiger charge is 2.26. The Morgan fingerprint density at radius 1 is 1.17 bits per heavy atom. The number of thiazole rings is 1. The van der Waals surface area contributed by atoms with Crippen molar-refractivity contribution >= 4 is 38.1 Å². The lowest BCUT2D eigenvalue weighted by atomic mass is 9.93. The number of hydrogen-bond acceptors (Lipinski definition) is 4. The molecule has 0 saturated heterocycles. The van der Waals surface area contributed by atoms with E-state index in [0.29, 0.717) is 0 Å². The largest absolute Gasteiger partial charge is 0.496 e. The molecule has 0 saturated carbocycles. The van der Waals surface area contributed by atoms with E-state index in [-0.39, 0.29) is 0 Å². The average molecular weight is 401 g/mol. The summed E-state index contributed by atoms with van der Waals surface area (Å²) in [6, 6.07) is 12.3. The summed E-state index contributed by atoms with van der Waals surface area (Å²) in [7, 11) is 1.72. The molecule has 1 N–H and O–H groups in total. The molecule has 0 atom stereocenters. The smallest absolute Gasteiger partial charge is 0.187 e. The first kappa shape index (κ1) is 15.7. The highest BCUT2D eigenvalue weighted by molar-refractivity contribution is 9.10. The maximum atomic E-state index is 5.59. The van der Waals surface area contributed by atoms with Crippen LogP contribution in [0.5, 0.6) is 5.75 Å². The van der Waals surface area contributed by atoms with E-state index in [1.54, 1.807) is 18.4 Å². The molecular weight excluding hydrogens is 384 g/mol. The van der Waals surface area contributed by atoms with Gasteiger partial charge in [0.25, 0.3) is 0 Å². The first-order chi connectivity index (χ1) is 11.7. The van der Waals surface area contributed by atoms with Gasteiger partial charge in [0.1, 0.15) is 5.75 Å². The van der Waals surface area contributed by atoms with Gasteiger partial charge < -0.3 is 10.1 Å². The Balaban J connectivity index is 1.78. The Morgan fingerprint density at radius 3 is 2.79 bits per heavy atom. The first-order valence-electron chi connectivity index (χ1n) is 7.85. The van der Waals surface area contributed by atoms with Crippen molar-refractivity contribution < 1.29 is 4.74 Å². The molecule has 0 radical (unpaired) electrons. The summed E-state index contributed by atoms with van der Waals surface area (Å²) in [5, 5.41) is 4.40. The molecule has 0 amide bonds. The van der Waals surface area contributed by atoms with Crippen LogP contribution in [0.1, 0.15) is 16.0 Å². The third-order valence-electron chi connectivity index (χ3n) is 4.36. The van der Waals surface area contributed by atoms with E-state index in [4.69, 9.17) is 9.72 Å². The lowest BCUT2D eigenvalue weighted by Gasteiger charge is -2.19. The molecule has 0 bridgehead atoms. The van der Waals surface area contributed by atoms with Gasteiger partial charge >= 0.3 is 0 Å². The molecule has 0 aliphatic heterocycles. The van der Waals surface area contributed by atoms with Crippen molar-refractivity contribution in [1.82, 2.24) is 4.98 Å². The number of aromatic nitrogens is 1. The highest BCUT2D eigenvalue weighted by Crippen LogP contribution is 2.45. The predicted octanol–water partition coefficient (Wildman–Crippen LogP) is 5.73. The fourth-order valence-electron chi connectivity index (χ4n) is 3.11. The Labute approximate surface area is 153 Å². The summed E-state index contributed by atoms with van der Waals surface area (Å²) < 4.78 is 6.72. The molecule has 1 aliphatic rings. The molecule has 3 aromatic rings. The van der Waals surface area contributed by atoms with Gasteiger partial charge in [-0.1, -0.05) is 34.1 Å². The lowest BCUT2D eigenvalue weighted by Crippen LogP contribution is -2.05. The number of nitrogens with zero attached hydrogens (tertiary/aromatic N) is 1. The summed E-state index contributed by atoms with van der Waals surface area (Å²) in [6.45, 7) is 2.10. The maximum Gasteiger partial charge on any atom is 0.187 e. The molecule has 0 fully saturated rings. The summed E-state index contributed by atoms with van der Waals surface area (Å²) in [6.07, 6.45) is 2.02.